The summed E-state index contributed by atoms with van der Waals surface area (Å²) in [5, 5.41) is 10.5. The first-order valence-corrected chi connectivity index (χ1v) is 27.5. The van der Waals surface area contributed by atoms with Gasteiger partial charge in [0.05, 0.1) is 0 Å². The molecule has 0 N–H and O–H groups in total. The lowest BCUT2D eigenvalue weighted by molar-refractivity contribution is 0.659. The van der Waals surface area contributed by atoms with Gasteiger partial charge in [-0.1, -0.05) is 225 Å². The van der Waals surface area contributed by atoms with Crippen LogP contribution < -0.4 is 0 Å². The standard InChI is InChI=1S/C76H58/c1-73(2)61-28-18-17-24-51(61)52-33-29-44(37-63(52)73)59-41-67-71(56-26-15-12-22-49(56)59)72-57-27-16-13-23-50(57)60(42-68(72)76(67,7)8)46-31-35-54-53-34-30-45(38-64(53)75(5,6)65(54)39-46)58-40-66-70(55-25-14-11-21-48(55)58)69-47-20-10-9-19-43(47)32-36-62(69)74(66,3)4/h9-42H,1-8H3. The van der Waals surface area contributed by atoms with Crippen molar-refractivity contribution in [2.45, 2.75) is 77.0 Å². The van der Waals surface area contributed by atoms with Crippen LogP contribution >= 0.6 is 0 Å². The first kappa shape index (κ1) is 44.0. The summed E-state index contributed by atoms with van der Waals surface area (Å²) in [6.07, 6.45) is 0. The number of hydrogen-bond donors (Lipinski definition) is 0. The van der Waals surface area contributed by atoms with E-state index < -0.39 is 0 Å². The van der Waals surface area contributed by atoms with Gasteiger partial charge in [-0.25, -0.2) is 0 Å². The maximum absolute atomic E-state index is 2.57. The lowest BCUT2D eigenvalue weighted by atomic mass is 9.78. The second-order valence-electron chi connectivity index (χ2n) is 24.7. The Kier molecular flexibility index (Phi) is 8.54. The molecule has 0 spiro atoms. The van der Waals surface area contributed by atoms with E-state index in [1.165, 1.54) is 165 Å². The van der Waals surface area contributed by atoms with Gasteiger partial charge in [-0.15, -0.1) is 0 Å². The van der Waals surface area contributed by atoms with E-state index in [-0.39, 0.29) is 21.7 Å². The molecule has 0 atom stereocenters. The molecule has 0 heteroatoms. The van der Waals surface area contributed by atoms with Crippen molar-refractivity contribution in [3.05, 3.63) is 251 Å². The van der Waals surface area contributed by atoms with Crippen LogP contribution in [-0.4, -0.2) is 0 Å². The van der Waals surface area contributed by atoms with E-state index in [0.29, 0.717) is 0 Å². The van der Waals surface area contributed by atoms with Gasteiger partial charge in [-0.05, 0) is 202 Å². The second-order valence-corrected chi connectivity index (χ2v) is 24.7. The van der Waals surface area contributed by atoms with Gasteiger partial charge in [0.25, 0.3) is 0 Å². The van der Waals surface area contributed by atoms with E-state index in [4.69, 9.17) is 0 Å². The molecule has 0 fully saturated rings. The van der Waals surface area contributed by atoms with Gasteiger partial charge in [0, 0.05) is 21.7 Å². The number of fused-ring (bicyclic) bond motifs is 20. The Morgan fingerprint density at radius 3 is 0.961 bits per heavy atom. The molecule has 0 saturated heterocycles. The lowest BCUT2D eigenvalue weighted by Crippen LogP contribution is -2.16. The van der Waals surface area contributed by atoms with Crippen molar-refractivity contribution in [1.29, 1.82) is 0 Å². The normalized spacial score (nSPS) is 16.1. The van der Waals surface area contributed by atoms with Crippen LogP contribution in [0.3, 0.4) is 0 Å². The van der Waals surface area contributed by atoms with Crippen LogP contribution in [-0.2, 0) is 21.7 Å². The molecule has 0 radical (unpaired) electrons. The molecule has 0 heterocycles. The van der Waals surface area contributed by atoms with Crippen molar-refractivity contribution in [2.24, 2.45) is 0 Å². The highest BCUT2D eigenvalue weighted by Gasteiger charge is 2.42. The van der Waals surface area contributed by atoms with E-state index in [1.807, 2.05) is 0 Å². The van der Waals surface area contributed by atoms with Gasteiger partial charge in [-0.3, -0.25) is 0 Å². The van der Waals surface area contributed by atoms with Gasteiger partial charge in [-0.2, -0.15) is 0 Å². The Bertz CT molecular complexity index is 4620. The van der Waals surface area contributed by atoms with E-state index >= 15 is 0 Å². The predicted octanol–water partition coefficient (Wildman–Crippen LogP) is 20.5. The van der Waals surface area contributed by atoms with Crippen LogP contribution in [0.15, 0.2) is 206 Å². The van der Waals surface area contributed by atoms with Crippen LogP contribution in [0.4, 0.5) is 0 Å². The lowest BCUT2D eigenvalue weighted by Gasteiger charge is -2.25. The van der Waals surface area contributed by atoms with Gasteiger partial charge in [0.2, 0.25) is 0 Å². The zero-order valence-electron chi connectivity index (χ0n) is 44.6. The van der Waals surface area contributed by atoms with Crippen LogP contribution in [0.2, 0.25) is 0 Å². The maximum atomic E-state index is 2.57. The van der Waals surface area contributed by atoms with Crippen molar-refractivity contribution >= 4 is 43.1 Å². The summed E-state index contributed by atoms with van der Waals surface area (Å²) in [6.45, 7) is 19.4. The van der Waals surface area contributed by atoms with Gasteiger partial charge < -0.3 is 0 Å². The summed E-state index contributed by atoms with van der Waals surface area (Å²) in [6, 6.07) is 79.7. The maximum Gasteiger partial charge on any atom is 0.0159 e. The Morgan fingerprint density at radius 2 is 0.513 bits per heavy atom. The zero-order valence-corrected chi connectivity index (χ0v) is 44.6. The third kappa shape index (κ3) is 5.54. The Labute approximate surface area is 446 Å². The third-order valence-electron chi connectivity index (χ3n) is 19.4. The molecule has 362 valence electrons. The molecule has 0 aliphatic heterocycles. The molecule has 0 amide bonds. The van der Waals surface area contributed by atoms with Crippen LogP contribution in [0, 0.1) is 0 Å². The average Bonchev–Trinajstić information content (AvgIpc) is 4.08. The molecule has 0 nitrogen and oxygen atoms in total. The van der Waals surface area contributed by atoms with Gasteiger partial charge in [0.1, 0.15) is 0 Å². The summed E-state index contributed by atoms with van der Waals surface area (Å²) in [7, 11) is 0. The molecule has 0 unspecified atom stereocenters. The molecule has 0 bridgehead atoms. The van der Waals surface area contributed by atoms with Gasteiger partial charge >= 0.3 is 0 Å². The predicted molar refractivity (Wildman–Crippen MR) is 323 cm³/mol. The Balaban J connectivity index is 0.817. The fourth-order valence-corrected chi connectivity index (χ4v) is 15.4. The molecule has 16 rings (SSSR count). The molecule has 12 aromatic rings. The summed E-state index contributed by atoms with van der Waals surface area (Å²) in [5.41, 5.74) is 29.3. The van der Waals surface area contributed by atoms with Crippen molar-refractivity contribution in [1.82, 2.24) is 0 Å². The molecule has 4 aliphatic carbocycles. The molecular formula is C76H58. The average molecular weight is 971 g/mol. The van der Waals surface area contributed by atoms with Crippen LogP contribution in [0.1, 0.15) is 99.9 Å². The Morgan fingerprint density at radius 1 is 0.197 bits per heavy atom. The molecule has 76 heavy (non-hydrogen) atoms. The quantitative estimate of drug-likeness (QED) is 0.166. The van der Waals surface area contributed by atoms with Crippen molar-refractivity contribution in [3.63, 3.8) is 0 Å². The summed E-state index contributed by atoms with van der Waals surface area (Å²) in [5.74, 6) is 0. The smallest absolute Gasteiger partial charge is 0.0159 e. The molecule has 12 aromatic carbocycles. The minimum atomic E-state index is -0.245. The number of rotatable bonds is 3. The van der Waals surface area contributed by atoms with Crippen molar-refractivity contribution < 1.29 is 0 Å². The van der Waals surface area contributed by atoms with E-state index in [9.17, 15) is 0 Å². The van der Waals surface area contributed by atoms with E-state index in [1.54, 1.807) is 0 Å². The second kappa shape index (κ2) is 14.7. The highest BCUT2D eigenvalue weighted by atomic mass is 14.5. The minimum Gasteiger partial charge on any atom is -0.0619 e. The zero-order chi connectivity index (χ0) is 51.4. The summed E-state index contributed by atoms with van der Waals surface area (Å²) in [4.78, 5) is 0. The van der Waals surface area contributed by atoms with E-state index in [2.05, 4.69) is 262 Å². The third-order valence-corrected chi connectivity index (χ3v) is 19.4. The first-order valence-electron chi connectivity index (χ1n) is 27.5. The van der Waals surface area contributed by atoms with Crippen molar-refractivity contribution in [2.75, 3.05) is 0 Å². The van der Waals surface area contributed by atoms with E-state index in [0.717, 1.165) is 0 Å². The fourth-order valence-electron chi connectivity index (χ4n) is 15.4. The SMILES string of the molecule is CC1(C)c2ccccc2-c2ccc(-c3cc4c(c5ccccc35)-c3c(cc(-c5ccc6c(c5)C(C)(C)c5cc(-c7cc8c(c9ccccc79)-c7c(ccc9ccccc79)C8(C)C)ccc5-6)c5ccccc35)C4(C)C)cc21. The topological polar surface area (TPSA) is 0 Å². The van der Waals surface area contributed by atoms with Crippen LogP contribution in [0.25, 0.3) is 121 Å². The number of benzene rings is 12. The molecule has 0 aromatic heterocycles. The summed E-state index contributed by atoms with van der Waals surface area (Å²) < 4.78 is 0. The monoisotopic (exact) mass is 970 g/mol. The fraction of sp³-hybridized carbons (Fsp3) is 0.158. The van der Waals surface area contributed by atoms with Crippen LogP contribution in [0.5, 0.6) is 0 Å². The Hall–Kier alpha value is -8.32. The summed E-state index contributed by atoms with van der Waals surface area (Å²) >= 11 is 0. The number of hydrogen-bond acceptors (Lipinski definition) is 0. The molecule has 0 saturated carbocycles. The highest BCUT2D eigenvalue weighted by molar-refractivity contribution is 6.18. The molecular weight excluding hydrogens is 913 g/mol. The first-order chi connectivity index (χ1) is 36.7. The van der Waals surface area contributed by atoms with Gasteiger partial charge in [0.15, 0.2) is 0 Å². The largest absolute Gasteiger partial charge is 0.0619 e. The van der Waals surface area contributed by atoms with Crippen molar-refractivity contribution in [3.8, 4) is 77.9 Å². The highest BCUT2D eigenvalue weighted by Crippen LogP contribution is 2.60. The minimum absolute atomic E-state index is 0.0715. The molecule has 4 aliphatic rings.